The molecular formula is C22H27F3N2O2. The molecule has 1 saturated heterocycles. The van der Waals surface area contributed by atoms with Gasteiger partial charge in [0.2, 0.25) is 0 Å². The average molecular weight is 408 g/mol. The van der Waals surface area contributed by atoms with Crippen molar-refractivity contribution in [1.29, 1.82) is 0 Å². The largest absolute Gasteiger partial charge is 0.491 e. The summed E-state index contributed by atoms with van der Waals surface area (Å²) < 4.78 is 44.5. The Morgan fingerprint density at radius 3 is 2.41 bits per heavy atom. The summed E-state index contributed by atoms with van der Waals surface area (Å²) in [6, 6.07) is 11.4. The number of hydrogen-bond acceptors (Lipinski definition) is 4. The van der Waals surface area contributed by atoms with Gasteiger partial charge in [-0.05, 0) is 43.7 Å². The first-order valence-electron chi connectivity index (χ1n) is 9.75. The molecule has 1 atom stereocenters. The van der Waals surface area contributed by atoms with Gasteiger partial charge in [0.25, 0.3) is 0 Å². The first kappa shape index (κ1) is 21.5. The minimum atomic E-state index is -4.34. The molecule has 1 fully saturated rings. The van der Waals surface area contributed by atoms with Crippen LogP contribution < -0.4 is 9.64 Å². The van der Waals surface area contributed by atoms with Crippen LogP contribution in [-0.4, -0.2) is 55.4 Å². The van der Waals surface area contributed by atoms with Gasteiger partial charge >= 0.3 is 6.18 Å². The van der Waals surface area contributed by atoms with Gasteiger partial charge in [0.1, 0.15) is 18.5 Å². The summed E-state index contributed by atoms with van der Waals surface area (Å²) in [5, 5.41) is 10.3. The normalized spacial score (nSPS) is 16.7. The average Bonchev–Trinajstić information content (AvgIpc) is 2.67. The fourth-order valence-electron chi connectivity index (χ4n) is 3.57. The molecule has 0 radical (unpaired) electrons. The summed E-state index contributed by atoms with van der Waals surface area (Å²) in [6.07, 6.45) is -4.96. The highest BCUT2D eigenvalue weighted by atomic mass is 19.4. The zero-order chi connectivity index (χ0) is 21.0. The molecule has 1 aliphatic rings. The van der Waals surface area contributed by atoms with E-state index in [0.717, 1.165) is 22.9 Å². The number of β-amino-alcohol motifs (C(OH)–C–C–N with tert-alkyl or cyclic N) is 1. The molecule has 0 bridgehead atoms. The first-order chi connectivity index (χ1) is 13.7. The SMILES string of the molecule is Cc1ccc(OCC(O)CN2CCN(c3cccc(C(F)(F)F)c3)CC2)c(C)c1. The molecule has 0 saturated carbocycles. The van der Waals surface area contributed by atoms with Crippen LogP contribution in [0.1, 0.15) is 16.7 Å². The molecule has 1 heterocycles. The molecule has 0 aromatic heterocycles. The zero-order valence-corrected chi connectivity index (χ0v) is 16.7. The fraction of sp³-hybridized carbons (Fsp3) is 0.455. The molecule has 1 unspecified atom stereocenters. The number of anilines is 1. The van der Waals surface area contributed by atoms with E-state index >= 15 is 0 Å². The summed E-state index contributed by atoms with van der Waals surface area (Å²) in [5.41, 5.74) is 2.15. The molecule has 3 rings (SSSR count). The van der Waals surface area contributed by atoms with Crippen molar-refractivity contribution in [1.82, 2.24) is 4.90 Å². The van der Waals surface area contributed by atoms with Gasteiger partial charge in [-0.2, -0.15) is 13.2 Å². The molecule has 1 aliphatic heterocycles. The van der Waals surface area contributed by atoms with Crippen molar-refractivity contribution >= 4 is 5.69 Å². The van der Waals surface area contributed by atoms with Crippen molar-refractivity contribution in [2.75, 3.05) is 44.2 Å². The number of aliphatic hydroxyl groups is 1. The van der Waals surface area contributed by atoms with Gasteiger partial charge in [-0.3, -0.25) is 4.90 Å². The molecule has 7 heteroatoms. The Kier molecular flexibility index (Phi) is 6.70. The van der Waals surface area contributed by atoms with E-state index in [1.54, 1.807) is 6.07 Å². The van der Waals surface area contributed by atoms with Crippen LogP contribution in [0.2, 0.25) is 0 Å². The highest BCUT2D eigenvalue weighted by Gasteiger charge is 2.31. The van der Waals surface area contributed by atoms with Crippen molar-refractivity contribution in [3.63, 3.8) is 0 Å². The first-order valence-corrected chi connectivity index (χ1v) is 9.75. The molecule has 0 aliphatic carbocycles. The van der Waals surface area contributed by atoms with E-state index in [1.165, 1.54) is 12.1 Å². The number of aryl methyl sites for hydroxylation is 2. The Morgan fingerprint density at radius 2 is 1.76 bits per heavy atom. The number of aliphatic hydroxyl groups excluding tert-OH is 1. The summed E-state index contributed by atoms with van der Waals surface area (Å²) >= 11 is 0. The number of rotatable bonds is 6. The number of piperazine rings is 1. The van der Waals surface area contributed by atoms with E-state index in [2.05, 4.69) is 4.90 Å². The van der Waals surface area contributed by atoms with E-state index in [1.807, 2.05) is 36.9 Å². The molecule has 2 aromatic carbocycles. The molecule has 29 heavy (non-hydrogen) atoms. The van der Waals surface area contributed by atoms with Gasteiger partial charge in [-0.15, -0.1) is 0 Å². The van der Waals surface area contributed by atoms with Crippen molar-refractivity contribution in [3.05, 3.63) is 59.2 Å². The highest BCUT2D eigenvalue weighted by molar-refractivity contribution is 5.49. The van der Waals surface area contributed by atoms with Crippen LogP contribution in [0.4, 0.5) is 18.9 Å². The third kappa shape index (κ3) is 5.87. The number of nitrogens with zero attached hydrogens (tertiary/aromatic N) is 2. The second-order valence-electron chi connectivity index (χ2n) is 7.57. The summed E-state index contributed by atoms with van der Waals surface area (Å²) in [6.45, 7) is 7.26. The molecule has 0 amide bonds. The van der Waals surface area contributed by atoms with Crippen LogP contribution in [0.25, 0.3) is 0 Å². The van der Waals surface area contributed by atoms with Crippen LogP contribution >= 0.6 is 0 Å². The van der Waals surface area contributed by atoms with E-state index in [0.29, 0.717) is 38.4 Å². The molecule has 4 nitrogen and oxygen atoms in total. The van der Waals surface area contributed by atoms with Gasteiger partial charge in [0.15, 0.2) is 0 Å². The summed E-state index contributed by atoms with van der Waals surface area (Å²) in [7, 11) is 0. The Morgan fingerprint density at radius 1 is 1.03 bits per heavy atom. The second kappa shape index (κ2) is 9.05. The Labute approximate surface area is 169 Å². The minimum Gasteiger partial charge on any atom is -0.491 e. The third-order valence-corrected chi connectivity index (χ3v) is 5.14. The van der Waals surface area contributed by atoms with Gasteiger partial charge in [0, 0.05) is 38.4 Å². The number of hydrogen-bond donors (Lipinski definition) is 1. The van der Waals surface area contributed by atoms with Gasteiger partial charge < -0.3 is 14.7 Å². The predicted octanol–water partition coefficient (Wildman–Crippen LogP) is 3.88. The lowest BCUT2D eigenvalue weighted by Crippen LogP contribution is -2.49. The monoisotopic (exact) mass is 408 g/mol. The Balaban J connectivity index is 1.47. The lowest BCUT2D eigenvalue weighted by Gasteiger charge is -2.37. The lowest BCUT2D eigenvalue weighted by molar-refractivity contribution is -0.137. The van der Waals surface area contributed by atoms with Crippen LogP contribution in [0, 0.1) is 13.8 Å². The number of alkyl halides is 3. The number of ether oxygens (including phenoxy) is 1. The molecular weight excluding hydrogens is 381 g/mol. The highest BCUT2D eigenvalue weighted by Crippen LogP contribution is 2.31. The van der Waals surface area contributed by atoms with Crippen LogP contribution in [0.5, 0.6) is 5.75 Å². The Bertz CT molecular complexity index is 818. The zero-order valence-electron chi connectivity index (χ0n) is 16.7. The maximum atomic E-state index is 12.9. The number of benzene rings is 2. The maximum absolute atomic E-state index is 12.9. The fourth-order valence-corrected chi connectivity index (χ4v) is 3.57. The topological polar surface area (TPSA) is 35.9 Å². The van der Waals surface area contributed by atoms with Crippen molar-refractivity contribution in [2.24, 2.45) is 0 Å². The Hall–Kier alpha value is -2.25. The van der Waals surface area contributed by atoms with Crippen molar-refractivity contribution < 1.29 is 23.0 Å². The van der Waals surface area contributed by atoms with Crippen LogP contribution in [0.3, 0.4) is 0 Å². The summed E-state index contributed by atoms with van der Waals surface area (Å²) in [4.78, 5) is 4.06. The summed E-state index contributed by atoms with van der Waals surface area (Å²) in [5.74, 6) is 0.768. The number of halogens is 3. The van der Waals surface area contributed by atoms with Crippen molar-refractivity contribution in [2.45, 2.75) is 26.1 Å². The third-order valence-electron chi connectivity index (χ3n) is 5.14. The van der Waals surface area contributed by atoms with Gasteiger partial charge in [-0.25, -0.2) is 0 Å². The smallest absolute Gasteiger partial charge is 0.416 e. The van der Waals surface area contributed by atoms with Gasteiger partial charge in [-0.1, -0.05) is 23.8 Å². The maximum Gasteiger partial charge on any atom is 0.416 e. The van der Waals surface area contributed by atoms with E-state index in [9.17, 15) is 18.3 Å². The van der Waals surface area contributed by atoms with Gasteiger partial charge in [0.05, 0.1) is 5.56 Å². The van der Waals surface area contributed by atoms with Crippen LogP contribution in [0.15, 0.2) is 42.5 Å². The van der Waals surface area contributed by atoms with Crippen LogP contribution in [-0.2, 0) is 6.18 Å². The standard InChI is InChI=1S/C22H27F3N2O2/c1-16-6-7-21(17(2)12-16)29-15-20(28)14-26-8-10-27(11-9-26)19-5-3-4-18(13-19)22(23,24)25/h3-7,12-13,20,28H,8-11,14-15H2,1-2H3. The van der Waals surface area contributed by atoms with Crippen molar-refractivity contribution in [3.8, 4) is 5.75 Å². The molecule has 2 aromatic rings. The quantitative estimate of drug-likeness (QED) is 0.787. The molecule has 0 spiro atoms. The van der Waals surface area contributed by atoms with E-state index < -0.39 is 17.8 Å². The predicted molar refractivity (Wildman–Crippen MR) is 108 cm³/mol. The minimum absolute atomic E-state index is 0.206. The second-order valence-corrected chi connectivity index (χ2v) is 7.57. The lowest BCUT2D eigenvalue weighted by atomic mass is 10.1. The van der Waals surface area contributed by atoms with E-state index in [-0.39, 0.29) is 6.61 Å². The van der Waals surface area contributed by atoms with E-state index in [4.69, 9.17) is 4.74 Å². The molecule has 1 N–H and O–H groups in total. The molecule has 158 valence electrons.